The SMILES string of the molecule is Cn1cc(-c2cc(N)ccc2Nc2ccc(F)cc2F)c2ccccc2c1=O. The zero-order valence-electron chi connectivity index (χ0n) is 15.0. The fraction of sp³-hybridized carbons (Fsp3) is 0.0455. The third-order valence-electron chi connectivity index (χ3n) is 4.63. The minimum absolute atomic E-state index is 0.109. The molecule has 0 atom stereocenters. The van der Waals surface area contributed by atoms with Gasteiger partial charge in [-0.2, -0.15) is 0 Å². The summed E-state index contributed by atoms with van der Waals surface area (Å²) in [6.07, 6.45) is 1.73. The highest BCUT2D eigenvalue weighted by molar-refractivity contribution is 5.99. The smallest absolute Gasteiger partial charge is 0.258 e. The molecule has 0 radical (unpaired) electrons. The van der Waals surface area contributed by atoms with E-state index in [1.54, 1.807) is 43.6 Å². The predicted octanol–water partition coefficient (Wildman–Crippen LogP) is 4.81. The predicted molar refractivity (Wildman–Crippen MR) is 109 cm³/mol. The number of rotatable bonds is 3. The Kier molecular flexibility index (Phi) is 4.31. The van der Waals surface area contributed by atoms with Gasteiger partial charge in [0.15, 0.2) is 0 Å². The molecular weight excluding hydrogens is 360 g/mol. The molecule has 0 fully saturated rings. The van der Waals surface area contributed by atoms with Crippen molar-refractivity contribution in [2.75, 3.05) is 11.1 Å². The van der Waals surface area contributed by atoms with Gasteiger partial charge in [0.25, 0.3) is 5.56 Å². The fourth-order valence-corrected chi connectivity index (χ4v) is 3.26. The van der Waals surface area contributed by atoms with Crippen LogP contribution in [0, 0.1) is 11.6 Å². The normalized spacial score (nSPS) is 11.0. The summed E-state index contributed by atoms with van der Waals surface area (Å²) < 4.78 is 28.9. The first-order valence-corrected chi connectivity index (χ1v) is 8.64. The second-order valence-electron chi connectivity index (χ2n) is 6.56. The summed E-state index contributed by atoms with van der Waals surface area (Å²) >= 11 is 0. The van der Waals surface area contributed by atoms with Crippen LogP contribution in [0.4, 0.5) is 25.8 Å². The molecule has 0 bridgehead atoms. The molecule has 3 aromatic carbocycles. The standard InChI is InChI=1S/C22H17F2N3O/c1-27-12-18(15-4-2-3-5-16(15)22(27)28)17-11-14(25)7-9-20(17)26-21-8-6-13(23)10-19(21)24/h2-12,26H,25H2,1H3. The second kappa shape index (κ2) is 6.81. The minimum atomic E-state index is -0.701. The average molecular weight is 377 g/mol. The van der Waals surface area contributed by atoms with E-state index < -0.39 is 11.6 Å². The van der Waals surface area contributed by atoms with E-state index in [1.165, 1.54) is 16.7 Å². The number of nitrogens with two attached hydrogens (primary N) is 1. The lowest BCUT2D eigenvalue weighted by atomic mass is 9.98. The number of pyridine rings is 1. The summed E-state index contributed by atoms with van der Waals surface area (Å²) in [5.41, 5.74) is 8.62. The third kappa shape index (κ3) is 3.09. The van der Waals surface area contributed by atoms with Crippen molar-refractivity contribution in [1.29, 1.82) is 0 Å². The van der Waals surface area contributed by atoms with E-state index in [2.05, 4.69) is 5.32 Å². The quantitative estimate of drug-likeness (QED) is 0.504. The number of nitrogen functional groups attached to an aromatic ring is 1. The van der Waals surface area contributed by atoms with Gasteiger partial charge in [-0.3, -0.25) is 4.79 Å². The topological polar surface area (TPSA) is 60.0 Å². The first kappa shape index (κ1) is 17.7. The number of halogens is 2. The van der Waals surface area contributed by atoms with E-state index in [1.807, 2.05) is 12.1 Å². The molecule has 0 unspecified atom stereocenters. The molecule has 0 saturated heterocycles. The third-order valence-corrected chi connectivity index (χ3v) is 4.63. The number of nitrogens with zero attached hydrogens (tertiary/aromatic N) is 1. The summed E-state index contributed by atoms with van der Waals surface area (Å²) in [5, 5.41) is 4.34. The molecule has 0 spiro atoms. The van der Waals surface area contributed by atoms with Crippen molar-refractivity contribution in [3.8, 4) is 11.1 Å². The number of aryl methyl sites for hydroxylation is 1. The van der Waals surface area contributed by atoms with Crippen LogP contribution in [0.5, 0.6) is 0 Å². The summed E-state index contributed by atoms with van der Waals surface area (Å²) in [6, 6.07) is 15.8. The van der Waals surface area contributed by atoms with E-state index in [-0.39, 0.29) is 11.2 Å². The Bertz CT molecular complexity index is 1260. The summed E-state index contributed by atoms with van der Waals surface area (Å²) in [5.74, 6) is -1.35. The van der Waals surface area contributed by atoms with Gasteiger partial charge in [-0.05, 0) is 41.8 Å². The van der Waals surface area contributed by atoms with Crippen LogP contribution < -0.4 is 16.6 Å². The number of fused-ring (bicyclic) bond motifs is 1. The van der Waals surface area contributed by atoms with Crippen LogP contribution in [0.3, 0.4) is 0 Å². The summed E-state index contributed by atoms with van der Waals surface area (Å²) in [4.78, 5) is 12.5. The average Bonchev–Trinajstić information content (AvgIpc) is 2.68. The van der Waals surface area contributed by atoms with Gasteiger partial charge < -0.3 is 15.6 Å². The molecule has 140 valence electrons. The Labute approximate surface area is 159 Å². The highest BCUT2D eigenvalue weighted by Gasteiger charge is 2.14. The largest absolute Gasteiger partial charge is 0.399 e. The van der Waals surface area contributed by atoms with E-state index in [9.17, 15) is 13.6 Å². The number of anilines is 3. The Morgan fingerprint density at radius 1 is 0.893 bits per heavy atom. The van der Waals surface area contributed by atoms with Crippen LogP contribution in [-0.4, -0.2) is 4.57 Å². The molecule has 4 aromatic rings. The van der Waals surface area contributed by atoms with Crippen molar-refractivity contribution in [3.05, 3.63) is 88.8 Å². The van der Waals surface area contributed by atoms with Crippen LogP contribution in [0.1, 0.15) is 0 Å². The zero-order chi connectivity index (χ0) is 19.8. The summed E-state index contributed by atoms with van der Waals surface area (Å²) in [7, 11) is 1.68. The maximum absolute atomic E-state index is 14.1. The van der Waals surface area contributed by atoms with E-state index in [0.29, 0.717) is 22.3 Å². The zero-order valence-corrected chi connectivity index (χ0v) is 15.0. The van der Waals surface area contributed by atoms with Crippen molar-refractivity contribution < 1.29 is 8.78 Å². The van der Waals surface area contributed by atoms with Gasteiger partial charge in [0.2, 0.25) is 0 Å². The maximum Gasteiger partial charge on any atom is 0.258 e. The molecular formula is C22H17F2N3O. The van der Waals surface area contributed by atoms with E-state index >= 15 is 0 Å². The lowest BCUT2D eigenvalue weighted by molar-refractivity contribution is 0.586. The molecule has 0 aliphatic carbocycles. The van der Waals surface area contributed by atoms with Gasteiger partial charge in [-0.15, -0.1) is 0 Å². The number of hydrogen-bond donors (Lipinski definition) is 2. The number of nitrogens with one attached hydrogen (secondary N) is 1. The Morgan fingerprint density at radius 2 is 1.61 bits per heavy atom. The lowest BCUT2D eigenvalue weighted by Gasteiger charge is -2.16. The first-order chi connectivity index (χ1) is 13.4. The number of aromatic nitrogens is 1. The molecule has 4 nitrogen and oxygen atoms in total. The van der Waals surface area contributed by atoms with Gasteiger partial charge in [-0.25, -0.2) is 8.78 Å². The molecule has 1 aromatic heterocycles. The van der Waals surface area contributed by atoms with Crippen molar-refractivity contribution in [2.24, 2.45) is 7.05 Å². The van der Waals surface area contributed by atoms with Crippen molar-refractivity contribution in [2.45, 2.75) is 0 Å². The molecule has 0 amide bonds. The van der Waals surface area contributed by atoms with Crippen LogP contribution in [0.25, 0.3) is 21.9 Å². The molecule has 1 heterocycles. The molecule has 0 aliphatic heterocycles. The molecule has 0 aliphatic rings. The lowest BCUT2D eigenvalue weighted by Crippen LogP contribution is -2.16. The van der Waals surface area contributed by atoms with Gasteiger partial charge in [0.1, 0.15) is 11.6 Å². The van der Waals surface area contributed by atoms with Crippen LogP contribution in [0.15, 0.2) is 71.7 Å². The van der Waals surface area contributed by atoms with Crippen molar-refractivity contribution in [3.63, 3.8) is 0 Å². The first-order valence-electron chi connectivity index (χ1n) is 8.64. The van der Waals surface area contributed by atoms with Crippen LogP contribution in [0.2, 0.25) is 0 Å². The highest BCUT2D eigenvalue weighted by Crippen LogP contribution is 2.36. The van der Waals surface area contributed by atoms with Crippen molar-refractivity contribution in [1.82, 2.24) is 4.57 Å². The Morgan fingerprint density at radius 3 is 2.36 bits per heavy atom. The Hall–Kier alpha value is -3.67. The minimum Gasteiger partial charge on any atom is -0.399 e. The van der Waals surface area contributed by atoms with Gasteiger partial charge in [-0.1, -0.05) is 18.2 Å². The highest BCUT2D eigenvalue weighted by atomic mass is 19.1. The second-order valence-corrected chi connectivity index (χ2v) is 6.56. The molecule has 28 heavy (non-hydrogen) atoms. The number of benzene rings is 3. The molecule has 3 N–H and O–H groups in total. The monoisotopic (exact) mass is 377 g/mol. The Balaban J connectivity index is 1.94. The molecule has 0 saturated carbocycles. The van der Waals surface area contributed by atoms with Crippen molar-refractivity contribution >= 4 is 27.8 Å². The molecule has 6 heteroatoms. The van der Waals surface area contributed by atoms with Crippen LogP contribution in [-0.2, 0) is 7.05 Å². The number of hydrogen-bond acceptors (Lipinski definition) is 3. The van der Waals surface area contributed by atoms with Gasteiger partial charge in [0, 0.05) is 47.2 Å². The van der Waals surface area contributed by atoms with Gasteiger partial charge in [0.05, 0.1) is 5.69 Å². The van der Waals surface area contributed by atoms with Crippen LogP contribution >= 0.6 is 0 Å². The fourth-order valence-electron chi connectivity index (χ4n) is 3.26. The van der Waals surface area contributed by atoms with E-state index in [4.69, 9.17) is 5.73 Å². The van der Waals surface area contributed by atoms with Gasteiger partial charge >= 0.3 is 0 Å². The molecule has 4 rings (SSSR count). The summed E-state index contributed by atoms with van der Waals surface area (Å²) in [6.45, 7) is 0. The maximum atomic E-state index is 14.1. The van der Waals surface area contributed by atoms with E-state index in [0.717, 1.165) is 17.0 Å².